The third kappa shape index (κ3) is 4.69. The molecule has 5 nitrogen and oxygen atoms in total. The van der Waals surface area contributed by atoms with E-state index >= 15 is 0 Å². The molecule has 0 heterocycles. The molecule has 2 aromatic rings. The van der Waals surface area contributed by atoms with Crippen LogP contribution in [0.15, 0.2) is 42.5 Å². The Bertz CT molecular complexity index is 916. The van der Waals surface area contributed by atoms with Gasteiger partial charge in [0.2, 0.25) is 15.9 Å². The van der Waals surface area contributed by atoms with E-state index in [1.165, 1.54) is 6.07 Å². The first-order valence-corrected chi connectivity index (χ1v) is 10.6. The summed E-state index contributed by atoms with van der Waals surface area (Å²) >= 11 is 12.1. The Morgan fingerprint density at radius 1 is 1.19 bits per heavy atom. The van der Waals surface area contributed by atoms with Crippen molar-refractivity contribution in [3.05, 3.63) is 58.1 Å². The van der Waals surface area contributed by atoms with Crippen LogP contribution in [-0.2, 0) is 14.8 Å². The maximum absolute atomic E-state index is 12.9. The molecule has 0 spiro atoms. The van der Waals surface area contributed by atoms with Crippen molar-refractivity contribution in [2.24, 2.45) is 0 Å². The van der Waals surface area contributed by atoms with Crippen LogP contribution in [0.25, 0.3) is 0 Å². The zero-order valence-corrected chi connectivity index (χ0v) is 17.0. The van der Waals surface area contributed by atoms with E-state index in [1.54, 1.807) is 50.2 Å². The Balaban J connectivity index is 2.42. The van der Waals surface area contributed by atoms with Crippen LogP contribution in [0, 0.1) is 6.92 Å². The highest BCUT2D eigenvalue weighted by molar-refractivity contribution is 7.92. The molecule has 0 aliphatic rings. The molecular weight excluding hydrogens is 395 g/mol. The Morgan fingerprint density at radius 2 is 1.85 bits per heavy atom. The Hall–Kier alpha value is -1.76. The fourth-order valence-electron chi connectivity index (χ4n) is 2.63. The van der Waals surface area contributed by atoms with Gasteiger partial charge in [-0.3, -0.25) is 9.10 Å². The van der Waals surface area contributed by atoms with Crippen molar-refractivity contribution in [1.29, 1.82) is 0 Å². The maximum atomic E-state index is 12.9. The smallest absolute Gasteiger partial charge is 0.248 e. The highest BCUT2D eigenvalue weighted by atomic mass is 35.5. The van der Waals surface area contributed by atoms with Gasteiger partial charge in [-0.15, -0.1) is 0 Å². The van der Waals surface area contributed by atoms with Crippen molar-refractivity contribution < 1.29 is 13.2 Å². The second-order valence-corrected chi connectivity index (χ2v) is 8.57. The number of rotatable bonds is 6. The summed E-state index contributed by atoms with van der Waals surface area (Å²) in [6.07, 6.45) is 1.35. The molecule has 1 N–H and O–H groups in total. The maximum Gasteiger partial charge on any atom is 0.248 e. The first-order valence-electron chi connectivity index (χ1n) is 7.96. The number of nitrogens with one attached hydrogen (secondary N) is 1. The molecule has 0 saturated heterocycles. The zero-order chi connectivity index (χ0) is 19.5. The lowest BCUT2D eigenvalue weighted by atomic mass is 10.1. The second-order valence-electron chi connectivity index (χ2n) is 5.86. The third-order valence-electron chi connectivity index (χ3n) is 3.92. The third-order valence-corrected chi connectivity index (χ3v) is 5.74. The monoisotopic (exact) mass is 414 g/mol. The number of sulfonamides is 1. The summed E-state index contributed by atoms with van der Waals surface area (Å²) in [5.41, 5.74) is 1.59. The van der Waals surface area contributed by atoms with Gasteiger partial charge in [-0.05, 0) is 49.2 Å². The molecule has 0 saturated carbocycles. The summed E-state index contributed by atoms with van der Waals surface area (Å²) in [6, 6.07) is 10.6. The fourth-order valence-corrected chi connectivity index (χ4v) is 4.20. The standard InChI is InChI=1S/C18H20Cl2N2O3S/c1-4-17(18(23)21-16-10-6-9-15(20)12(16)2)22(26(3,24)25)14-8-5-7-13(19)11-14/h5-11,17H,4H2,1-3H3,(H,21,23)/t17-/m1/s1. The van der Waals surface area contributed by atoms with Gasteiger partial charge in [0.1, 0.15) is 6.04 Å². The van der Waals surface area contributed by atoms with Gasteiger partial charge in [-0.25, -0.2) is 8.42 Å². The number of nitrogens with zero attached hydrogens (tertiary/aromatic N) is 1. The largest absolute Gasteiger partial charge is 0.324 e. The van der Waals surface area contributed by atoms with E-state index in [9.17, 15) is 13.2 Å². The van der Waals surface area contributed by atoms with Gasteiger partial charge in [0, 0.05) is 15.7 Å². The number of amides is 1. The average Bonchev–Trinajstić information content (AvgIpc) is 2.55. The van der Waals surface area contributed by atoms with E-state index in [1.807, 2.05) is 0 Å². The fraction of sp³-hybridized carbons (Fsp3) is 0.278. The topological polar surface area (TPSA) is 66.5 Å². The van der Waals surface area contributed by atoms with Crippen LogP contribution in [0.5, 0.6) is 0 Å². The zero-order valence-electron chi connectivity index (χ0n) is 14.7. The van der Waals surface area contributed by atoms with Crippen molar-refractivity contribution in [1.82, 2.24) is 0 Å². The summed E-state index contributed by atoms with van der Waals surface area (Å²) in [5, 5.41) is 3.68. The number of halogens is 2. The van der Waals surface area contributed by atoms with Crippen LogP contribution in [0.2, 0.25) is 10.0 Å². The SMILES string of the molecule is CC[C@H](C(=O)Nc1cccc(Cl)c1C)N(c1cccc(Cl)c1)S(C)(=O)=O. The molecule has 26 heavy (non-hydrogen) atoms. The van der Waals surface area contributed by atoms with Gasteiger partial charge >= 0.3 is 0 Å². The molecule has 0 aliphatic carbocycles. The summed E-state index contributed by atoms with van der Waals surface area (Å²) < 4.78 is 25.9. The highest BCUT2D eigenvalue weighted by Gasteiger charge is 2.31. The summed E-state index contributed by atoms with van der Waals surface area (Å²) in [4.78, 5) is 12.9. The van der Waals surface area contributed by atoms with E-state index in [2.05, 4.69) is 5.32 Å². The molecule has 0 fully saturated rings. The highest BCUT2D eigenvalue weighted by Crippen LogP contribution is 2.27. The van der Waals surface area contributed by atoms with Gasteiger partial charge in [0.15, 0.2) is 0 Å². The van der Waals surface area contributed by atoms with Gasteiger partial charge in [0.25, 0.3) is 0 Å². The number of anilines is 2. The van der Waals surface area contributed by atoms with Crippen molar-refractivity contribution in [2.45, 2.75) is 26.3 Å². The first-order chi connectivity index (χ1) is 12.1. The molecule has 2 rings (SSSR count). The lowest BCUT2D eigenvalue weighted by molar-refractivity contribution is -0.117. The Labute approximate surface area is 164 Å². The molecular formula is C18H20Cl2N2O3S. The minimum Gasteiger partial charge on any atom is -0.324 e. The predicted molar refractivity (Wildman–Crippen MR) is 108 cm³/mol. The van der Waals surface area contributed by atoms with Crippen LogP contribution in [0.3, 0.4) is 0 Å². The van der Waals surface area contributed by atoms with Gasteiger partial charge in [-0.1, -0.05) is 42.3 Å². The van der Waals surface area contributed by atoms with Crippen molar-refractivity contribution in [3.63, 3.8) is 0 Å². The molecule has 0 unspecified atom stereocenters. The van der Waals surface area contributed by atoms with E-state index < -0.39 is 22.0 Å². The number of carbonyl (C=O) groups is 1. The molecule has 0 radical (unpaired) electrons. The number of hydrogen-bond acceptors (Lipinski definition) is 3. The molecule has 1 amide bonds. The first kappa shape index (κ1) is 20.6. The van der Waals surface area contributed by atoms with Crippen LogP contribution in [0.4, 0.5) is 11.4 Å². The minimum absolute atomic E-state index is 0.283. The van der Waals surface area contributed by atoms with Crippen molar-refractivity contribution in [3.8, 4) is 0 Å². The van der Waals surface area contributed by atoms with Crippen LogP contribution >= 0.6 is 23.2 Å². The van der Waals surface area contributed by atoms with E-state index in [-0.39, 0.29) is 6.42 Å². The summed E-state index contributed by atoms with van der Waals surface area (Å²) in [7, 11) is -3.71. The number of carbonyl (C=O) groups excluding carboxylic acids is 1. The number of benzene rings is 2. The minimum atomic E-state index is -3.71. The van der Waals surface area contributed by atoms with Crippen molar-refractivity contribution in [2.75, 3.05) is 15.9 Å². The quantitative estimate of drug-likeness (QED) is 0.756. The molecule has 0 aromatic heterocycles. The second kappa shape index (κ2) is 8.29. The van der Waals surface area contributed by atoms with E-state index in [0.29, 0.717) is 27.0 Å². The summed E-state index contributed by atoms with van der Waals surface area (Å²) in [5.74, 6) is -0.441. The molecule has 1 atom stereocenters. The lowest BCUT2D eigenvalue weighted by Crippen LogP contribution is -2.47. The van der Waals surface area contributed by atoms with Crippen LogP contribution in [0.1, 0.15) is 18.9 Å². The predicted octanol–water partition coefficient (Wildman–Crippen LogP) is 4.49. The Kier molecular flexibility index (Phi) is 6.55. The van der Waals surface area contributed by atoms with Gasteiger partial charge in [-0.2, -0.15) is 0 Å². The normalized spacial score (nSPS) is 12.5. The summed E-state index contributed by atoms with van der Waals surface area (Å²) in [6.45, 7) is 3.53. The van der Waals surface area contributed by atoms with Crippen LogP contribution < -0.4 is 9.62 Å². The molecule has 140 valence electrons. The Morgan fingerprint density at radius 3 is 2.42 bits per heavy atom. The average molecular weight is 415 g/mol. The molecule has 8 heteroatoms. The van der Waals surface area contributed by atoms with E-state index in [4.69, 9.17) is 23.2 Å². The molecule has 2 aromatic carbocycles. The van der Waals surface area contributed by atoms with Gasteiger partial charge in [0.05, 0.1) is 11.9 Å². The molecule has 0 aliphatic heterocycles. The van der Waals surface area contributed by atoms with Crippen molar-refractivity contribution >= 4 is 50.5 Å². The number of hydrogen-bond donors (Lipinski definition) is 1. The van der Waals surface area contributed by atoms with Crippen LogP contribution in [-0.4, -0.2) is 26.6 Å². The van der Waals surface area contributed by atoms with E-state index in [0.717, 1.165) is 10.6 Å². The van der Waals surface area contributed by atoms with Gasteiger partial charge < -0.3 is 5.32 Å². The molecule has 0 bridgehead atoms. The lowest BCUT2D eigenvalue weighted by Gasteiger charge is -2.30.